The summed E-state index contributed by atoms with van der Waals surface area (Å²) in [6.07, 6.45) is 6.34. The number of nitrogens with one attached hydrogen (secondary N) is 1. The van der Waals surface area contributed by atoms with Gasteiger partial charge < -0.3 is 9.88 Å². The Morgan fingerprint density at radius 2 is 1.86 bits per heavy atom. The van der Waals surface area contributed by atoms with Gasteiger partial charge in [0.15, 0.2) is 0 Å². The second-order valence-corrected chi connectivity index (χ2v) is 8.06. The van der Waals surface area contributed by atoms with Crippen LogP contribution in [0, 0.1) is 0 Å². The van der Waals surface area contributed by atoms with Crippen molar-refractivity contribution in [3.63, 3.8) is 0 Å². The van der Waals surface area contributed by atoms with E-state index in [0.29, 0.717) is 5.92 Å². The molecule has 2 aromatic heterocycles. The first-order valence-corrected chi connectivity index (χ1v) is 10.3. The fourth-order valence-electron chi connectivity index (χ4n) is 4.20. The van der Waals surface area contributed by atoms with Crippen LogP contribution in [0.25, 0.3) is 5.69 Å². The number of hydrogen-bond acceptors (Lipinski definition) is 5. The summed E-state index contributed by atoms with van der Waals surface area (Å²) in [4.78, 5) is 2.51. The van der Waals surface area contributed by atoms with Crippen LogP contribution in [0.15, 0.2) is 36.7 Å². The van der Waals surface area contributed by atoms with E-state index in [2.05, 4.69) is 36.3 Å². The molecule has 29 heavy (non-hydrogen) atoms. The minimum atomic E-state index is 0. The van der Waals surface area contributed by atoms with Gasteiger partial charge in [0.2, 0.25) is 0 Å². The normalized spacial score (nSPS) is 17.7. The molecule has 3 aromatic rings. The predicted octanol–water partition coefficient (Wildman–Crippen LogP) is 3.02. The summed E-state index contributed by atoms with van der Waals surface area (Å²) in [6.45, 7) is 5.93. The highest BCUT2D eigenvalue weighted by Gasteiger charge is 2.27. The van der Waals surface area contributed by atoms with Crippen molar-refractivity contribution < 1.29 is 0 Å². The number of halogens is 2. The summed E-state index contributed by atoms with van der Waals surface area (Å²) >= 11 is 5.97. The first kappa shape index (κ1) is 20.3. The third-order valence-electron chi connectivity index (χ3n) is 5.74. The van der Waals surface area contributed by atoms with Crippen molar-refractivity contribution in [2.24, 2.45) is 0 Å². The van der Waals surface area contributed by atoms with Gasteiger partial charge >= 0.3 is 0 Å². The first-order chi connectivity index (χ1) is 13.8. The molecule has 1 N–H and O–H groups in total. The molecule has 1 aromatic carbocycles. The highest BCUT2D eigenvalue weighted by molar-refractivity contribution is 6.30. The Hall–Kier alpha value is -1.93. The molecule has 1 fully saturated rings. The average molecular weight is 434 g/mol. The quantitative estimate of drug-likeness (QED) is 0.684. The van der Waals surface area contributed by atoms with Gasteiger partial charge in [0.25, 0.3) is 0 Å². The van der Waals surface area contributed by atoms with Crippen LogP contribution in [0.1, 0.15) is 36.0 Å². The summed E-state index contributed by atoms with van der Waals surface area (Å²) < 4.78 is 4.24. The zero-order chi connectivity index (χ0) is 18.9. The van der Waals surface area contributed by atoms with Gasteiger partial charge in [-0.1, -0.05) is 11.6 Å². The molecule has 154 valence electrons. The van der Waals surface area contributed by atoms with Crippen molar-refractivity contribution in [3.8, 4) is 5.69 Å². The van der Waals surface area contributed by atoms with Crippen molar-refractivity contribution in [2.45, 2.75) is 38.4 Å². The highest BCUT2D eigenvalue weighted by atomic mass is 35.5. The summed E-state index contributed by atoms with van der Waals surface area (Å²) in [5.74, 6) is 2.79. The number of rotatable bonds is 4. The Balaban J connectivity index is 0.00000205. The number of hydrogen-bond donors (Lipinski definition) is 1. The Morgan fingerprint density at radius 1 is 1.07 bits per heavy atom. The molecular weight excluding hydrogens is 409 g/mol. The van der Waals surface area contributed by atoms with E-state index in [9.17, 15) is 0 Å². The average Bonchev–Trinajstić information content (AvgIpc) is 3.36. The van der Waals surface area contributed by atoms with Crippen LogP contribution in [-0.4, -0.2) is 49.1 Å². The lowest BCUT2D eigenvalue weighted by Crippen LogP contribution is -2.34. The molecule has 0 bridgehead atoms. The molecule has 0 atom stereocenters. The molecule has 2 aliphatic heterocycles. The molecule has 5 rings (SSSR count). The largest absolute Gasteiger partial charge is 0.312 e. The van der Waals surface area contributed by atoms with Crippen molar-refractivity contribution in [1.82, 2.24) is 34.8 Å². The Kier molecular flexibility index (Phi) is 6.20. The topological polar surface area (TPSA) is 63.8 Å². The van der Waals surface area contributed by atoms with Crippen LogP contribution < -0.4 is 5.32 Å². The maximum absolute atomic E-state index is 5.97. The minimum absolute atomic E-state index is 0. The first-order valence-electron chi connectivity index (χ1n) is 9.91. The van der Waals surface area contributed by atoms with Gasteiger partial charge in [-0.25, -0.2) is 4.68 Å². The van der Waals surface area contributed by atoms with Crippen LogP contribution in [0.2, 0.25) is 5.02 Å². The zero-order valence-corrected chi connectivity index (χ0v) is 17.7. The number of aromatic nitrogens is 5. The van der Waals surface area contributed by atoms with Crippen LogP contribution in [-0.2, 0) is 19.6 Å². The molecule has 0 amide bonds. The van der Waals surface area contributed by atoms with E-state index in [1.807, 2.05) is 35.1 Å². The third kappa shape index (κ3) is 4.33. The second-order valence-electron chi connectivity index (χ2n) is 7.62. The summed E-state index contributed by atoms with van der Waals surface area (Å²) in [5.41, 5.74) is 2.26. The lowest BCUT2D eigenvalue weighted by atomic mass is 9.95. The number of benzene rings is 1. The van der Waals surface area contributed by atoms with E-state index >= 15 is 0 Å². The van der Waals surface area contributed by atoms with Gasteiger partial charge in [0.1, 0.15) is 11.6 Å². The van der Waals surface area contributed by atoms with Crippen LogP contribution in [0.4, 0.5) is 0 Å². The second kappa shape index (κ2) is 8.83. The molecule has 1 saturated heterocycles. The van der Waals surface area contributed by atoms with Crippen molar-refractivity contribution in [2.75, 3.05) is 19.6 Å². The van der Waals surface area contributed by atoms with Gasteiger partial charge in [-0.15, -0.1) is 22.6 Å². The summed E-state index contributed by atoms with van der Waals surface area (Å²) in [7, 11) is 0. The van der Waals surface area contributed by atoms with E-state index in [4.69, 9.17) is 11.6 Å². The van der Waals surface area contributed by atoms with Gasteiger partial charge in [0, 0.05) is 42.3 Å². The van der Waals surface area contributed by atoms with E-state index in [-0.39, 0.29) is 12.4 Å². The molecule has 0 saturated carbocycles. The van der Waals surface area contributed by atoms with Gasteiger partial charge in [-0.3, -0.25) is 4.90 Å². The highest BCUT2D eigenvalue weighted by Crippen LogP contribution is 2.28. The van der Waals surface area contributed by atoms with Crippen LogP contribution in [0.3, 0.4) is 0 Å². The molecule has 7 nitrogen and oxygen atoms in total. The van der Waals surface area contributed by atoms with Crippen molar-refractivity contribution in [3.05, 3.63) is 58.9 Å². The summed E-state index contributed by atoms with van der Waals surface area (Å²) in [5, 5.41) is 17.5. The lowest BCUT2D eigenvalue weighted by Gasteiger charge is -2.31. The van der Waals surface area contributed by atoms with Gasteiger partial charge in [-0.05, 0) is 50.2 Å². The van der Waals surface area contributed by atoms with Crippen LogP contribution >= 0.6 is 24.0 Å². The lowest BCUT2D eigenvalue weighted by molar-refractivity contribution is 0.199. The minimum Gasteiger partial charge on any atom is -0.312 e. The van der Waals surface area contributed by atoms with Gasteiger partial charge in [0.05, 0.1) is 18.4 Å². The number of nitrogens with zero attached hydrogens (tertiary/aromatic N) is 6. The predicted molar refractivity (Wildman–Crippen MR) is 115 cm³/mol. The number of likely N-dealkylation sites (tertiary alicyclic amines) is 1. The maximum atomic E-state index is 5.97. The SMILES string of the molecule is Cl.Clc1ccc(-n2cc(CN3CCC(c4nnc5n4CCNC5)CC3)cn2)cc1. The molecule has 4 heterocycles. The molecule has 2 aliphatic rings. The van der Waals surface area contributed by atoms with Crippen molar-refractivity contribution in [1.29, 1.82) is 0 Å². The fourth-order valence-corrected chi connectivity index (χ4v) is 4.33. The van der Waals surface area contributed by atoms with E-state index in [0.717, 1.165) is 68.6 Å². The van der Waals surface area contributed by atoms with E-state index < -0.39 is 0 Å². The Labute approximate surface area is 181 Å². The number of fused-ring (bicyclic) bond motifs is 1. The Bertz CT molecular complexity index is 942. The molecule has 9 heteroatoms. The van der Waals surface area contributed by atoms with E-state index in [1.165, 1.54) is 11.4 Å². The molecule has 0 spiro atoms. The smallest absolute Gasteiger partial charge is 0.147 e. The van der Waals surface area contributed by atoms with Crippen LogP contribution in [0.5, 0.6) is 0 Å². The van der Waals surface area contributed by atoms with E-state index in [1.54, 1.807) is 0 Å². The molecular formula is C20H25Cl2N7. The van der Waals surface area contributed by atoms with Gasteiger partial charge in [-0.2, -0.15) is 5.10 Å². The zero-order valence-electron chi connectivity index (χ0n) is 16.2. The molecule has 0 unspecified atom stereocenters. The number of piperidine rings is 1. The summed E-state index contributed by atoms with van der Waals surface area (Å²) in [6, 6.07) is 7.75. The standard InChI is InChI=1S/C20H24ClN7.ClH/c21-17-1-3-18(4-2-17)28-14-15(11-23-28)13-26-8-5-16(6-9-26)20-25-24-19-12-22-7-10-27(19)20;/h1-4,11,14,16,22H,5-10,12-13H2;1H. The fraction of sp³-hybridized carbons (Fsp3) is 0.450. The molecule has 0 radical (unpaired) electrons. The van der Waals surface area contributed by atoms with Crippen molar-refractivity contribution >= 4 is 24.0 Å². The molecule has 0 aliphatic carbocycles. The monoisotopic (exact) mass is 433 g/mol. The third-order valence-corrected chi connectivity index (χ3v) is 5.99. The Morgan fingerprint density at radius 3 is 2.66 bits per heavy atom. The maximum Gasteiger partial charge on any atom is 0.147 e.